The summed E-state index contributed by atoms with van der Waals surface area (Å²) in [6.07, 6.45) is 1.30. The highest BCUT2D eigenvalue weighted by atomic mass is 16.6. The number of amides is 1. The normalized spacial score (nSPS) is 13.8. The number of imidazole rings is 1. The van der Waals surface area contributed by atoms with Gasteiger partial charge in [0.05, 0.1) is 17.2 Å². The molecule has 9 nitrogen and oxygen atoms in total. The van der Waals surface area contributed by atoms with Crippen molar-refractivity contribution in [2.24, 2.45) is 0 Å². The number of piperazine rings is 1. The average Bonchev–Trinajstić information content (AvgIpc) is 3.18. The van der Waals surface area contributed by atoms with E-state index in [0.717, 1.165) is 11.0 Å². The number of hydrogen-bond donors (Lipinski definition) is 2. The number of fused-ring (bicyclic) bond motifs is 1. The maximum absolute atomic E-state index is 12.0. The van der Waals surface area contributed by atoms with E-state index < -0.39 is 0 Å². The number of carbonyl (C=O) groups excluding carboxylic acids is 1. The Morgan fingerprint density at radius 2 is 2.07 bits per heavy atom. The van der Waals surface area contributed by atoms with Crippen LogP contribution in [0.4, 0.5) is 16.4 Å². The fraction of sp³-hybridized carbons (Fsp3) is 0.300. The van der Waals surface area contributed by atoms with Crippen LogP contribution in [-0.4, -0.2) is 63.7 Å². The molecule has 0 radical (unpaired) electrons. The molecule has 0 saturated carbocycles. The lowest BCUT2D eigenvalue weighted by atomic mass is 10.3. The number of nitrogens with two attached hydrogens (primary N) is 1. The molecule has 9 heteroatoms. The van der Waals surface area contributed by atoms with Gasteiger partial charge in [0.15, 0.2) is 23.9 Å². The largest absolute Gasteiger partial charge is 0.436 e. The summed E-state index contributed by atoms with van der Waals surface area (Å²) in [7, 11) is 0. The van der Waals surface area contributed by atoms with E-state index in [0.29, 0.717) is 49.3 Å². The van der Waals surface area contributed by atoms with Crippen LogP contribution in [-0.2, 0) is 4.74 Å². The number of rotatable bonds is 3. The minimum Gasteiger partial charge on any atom is -0.436 e. The lowest BCUT2D eigenvalue weighted by Gasteiger charge is -2.34. The van der Waals surface area contributed by atoms with Crippen LogP contribution in [0.1, 0.15) is 9.78 Å². The number of nitrogens with zero attached hydrogens (tertiary/aromatic N) is 5. The lowest BCUT2D eigenvalue weighted by molar-refractivity contribution is 0.111. The van der Waals surface area contributed by atoms with Gasteiger partial charge in [-0.15, -0.1) is 5.92 Å². The Balaban J connectivity index is 0.00000171. The molecule has 3 heterocycles. The van der Waals surface area contributed by atoms with Crippen molar-refractivity contribution in [2.75, 3.05) is 43.4 Å². The van der Waals surface area contributed by atoms with Crippen molar-refractivity contribution in [2.45, 2.75) is 6.92 Å². The van der Waals surface area contributed by atoms with Crippen LogP contribution in [0, 0.1) is 11.8 Å². The van der Waals surface area contributed by atoms with Crippen molar-refractivity contribution in [3.05, 3.63) is 30.5 Å². The third-order valence-corrected chi connectivity index (χ3v) is 4.71. The molecule has 4 rings (SSSR count). The van der Waals surface area contributed by atoms with Gasteiger partial charge in [0.2, 0.25) is 0 Å². The lowest BCUT2D eigenvalue weighted by Crippen LogP contribution is -2.49. The van der Waals surface area contributed by atoms with Crippen molar-refractivity contribution < 1.29 is 12.4 Å². The summed E-state index contributed by atoms with van der Waals surface area (Å²) in [5.41, 5.74) is 8.33. The van der Waals surface area contributed by atoms with Crippen LogP contribution in [0.15, 0.2) is 30.5 Å². The second-order valence-electron chi connectivity index (χ2n) is 6.52. The summed E-state index contributed by atoms with van der Waals surface area (Å²) >= 11 is 0. The van der Waals surface area contributed by atoms with Gasteiger partial charge in [0.25, 0.3) is 0 Å². The van der Waals surface area contributed by atoms with Gasteiger partial charge in [-0.2, -0.15) is 0 Å². The maximum Gasteiger partial charge on any atom is 0.410 e. The van der Waals surface area contributed by atoms with Crippen LogP contribution < -0.4 is 10.6 Å². The van der Waals surface area contributed by atoms with Gasteiger partial charge in [-0.3, -0.25) is 0 Å². The number of para-hydroxylation sites is 2. The highest BCUT2D eigenvalue weighted by molar-refractivity contribution is 5.80. The molecular weight excluding hydrogens is 370 g/mol. The summed E-state index contributed by atoms with van der Waals surface area (Å²) in [5.74, 6) is 7.01. The summed E-state index contributed by atoms with van der Waals surface area (Å²) in [6, 6.07) is 7.74. The second-order valence-corrected chi connectivity index (χ2v) is 6.52. The summed E-state index contributed by atoms with van der Waals surface area (Å²) in [4.78, 5) is 32.6. The number of carbonyl (C=O) groups is 1. The number of benzene rings is 1. The van der Waals surface area contributed by atoms with Gasteiger partial charge < -0.3 is 25.3 Å². The van der Waals surface area contributed by atoms with Gasteiger partial charge in [0, 0.05) is 29.0 Å². The molecular formula is C20H25N7O2. The number of H-pyrrole nitrogens is 1. The van der Waals surface area contributed by atoms with Crippen LogP contribution in [0.5, 0.6) is 0 Å². The molecule has 1 aromatic carbocycles. The van der Waals surface area contributed by atoms with Crippen LogP contribution >= 0.6 is 0 Å². The van der Waals surface area contributed by atoms with E-state index in [4.69, 9.17) is 10.5 Å². The van der Waals surface area contributed by atoms with Crippen LogP contribution in [0.25, 0.3) is 22.6 Å². The topological polar surface area (TPSA) is 113 Å². The minimum atomic E-state index is -0.348. The molecule has 1 saturated heterocycles. The van der Waals surface area contributed by atoms with E-state index in [1.165, 1.54) is 0 Å². The first kappa shape index (κ1) is 18.6. The number of anilines is 2. The molecule has 1 aliphatic rings. The smallest absolute Gasteiger partial charge is 0.410 e. The Morgan fingerprint density at radius 3 is 2.83 bits per heavy atom. The molecule has 0 atom stereocenters. The van der Waals surface area contributed by atoms with Gasteiger partial charge in [-0.1, -0.05) is 18.1 Å². The average molecular weight is 395 g/mol. The van der Waals surface area contributed by atoms with Crippen molar-refractivity contribution >= 4 is 28.8 Å². The monoisotopic (exact) mass is 395 g/mol. The molecule has 0 aliphatic carbocycles. The third kappa shape index (κ3) is 3.91. The molecule has 0 unspecified atom stereocenters. The van der Waals surface area contributed by atoms with Gasteiger partial charge in [-0.25, -0.2) is 19.7 Å². The number of nitrogen functional groups attached to an aromatic ring is 1. The number of aromatic amines is 1. The van der Waals surface area contributed by atoms with E-state index in [9.17, 15) is 4.79 Å². The summed E-state index contributed by atoms with van der Waals surface area (Å²) in [6.45, 7) is 4.12. The molecule has 1 amide bonds. The Hall–Kier alpha value is -3.80. The zero-order chi connectivity index (χ0) is 20.2. The Labute approximate surface area is 170 Å². The molecule has 0 bridgehead atoms. The van der Waals surface area contributed by atoms with Gasteiger partial charge in [-0.05, 0) is 19.1 Å². The Bertz CT molecular complexity index is 1070. The van der Waals surface area contributed by atoms with Crippen LogP contribution in [0.2, 0.25) is 0 Å². The van der Waals surface area contributed by atoms with Gasteiger partial charge >= 0.3 is 6.09 Å². The fourth-order valence-electron chi connectivity index (χ4n) is 3.16. The highest BCUT2D eigenvalue weighted by Gasteiger charge is 2.24. The second kappa shape index (κ2) is 8.06. The third-order valence-electron chi connectivity index (χ3n) is 4.71. The number of hydrogen-bond acceptors (Lipinski definition) is 7. The van der Waals surface area contributed by atoms with E-state index in [1.807, 2.05) is 24.3 Å². The molecule has 0 spiro atoms. The van der Waals surface area contributed by atoms with Gasteiger partial charge in [0.1, 0.15) is 5.82 Å². The number of ether oxygens (including phenoxy) is 1. The maximum atomic E-state index is 12.0. The van der Waals surface area contributed by atoms with E-state index in [-0.39, 0.29) is 15.6 Å². The molecule has 152 valence electrons. The highest BCUT2D eigenvalue weighted by Crippen LogP contribution is 2.25. The summed E-state index contributed by atoms with van der Waals surface area (Å²) < 4.78 is 5.12. The number of nitrogens with one attached hydrogen (secondary N) is 1. The van der Waals surface area contributed by atoms with Crippen molar-refractivity contribution in [3.63, 3.8) is 0 Å². The zero-order valence-corrected chi connectivity index (χ0v) is 16.1. The molecule has 1 aliphatic heterocycles. The summed E-state index contributed by atoms with van der Waals surface area (Å²) in [5, 5.41) is 0. The molecule has 3 N–H and O–H groups in total. The van der Waals surface area contributed by atoms with E-state index >= 15 is 0 Å². The van der Waals surface area contributed by atoms with Crippen molar-refractivity contribution in [1.29, 1.82) is 0 Å². The molecule has 2 aromatic heterocycles. The molecule has 3 aromatic rings. The standard InChI is InChI=1S/C20H21N7O2.2H2/c1-2-3-12-29-20(28)27-10-8-26(9-11-27)16-13-22-18(21)17(25-16)19-23-14-6-4-5-7-15(14)24-19;;/h4-7,13H,8-12H2,1H3,(H2,21,22)(H,23,24);2*1H. The first-order chi connectivity index (χ1) is 14.2. The first-order valence-corrected chi connectivity index (χ1v) is 9.29. The predicted molar refractivity (Wildman–Crippen MR) is 114 cm³/mol. The molecule has 1 fully saturated rings. The SMILES string of the molecule is CC#CCOC(=O)N1CCN(c2cnc(N)c(-c3nc4ccccc4[nH]3)n2)CC1.[HH].[HH]. The Kier molecular flexibility index (Phi) is 5.16. The Morgan fingerprint density at radius 1 is 1.28 bits per heavy atom. The fourth-order valence-corrected chi connectivity index (χ4v) is 3.16. The molecule has 29 heavy (non-hydrogen) atoms. The first-order valence-electron chi connectivity index (χ1n) is 9.29. The predicted octanol–water partition coefficient (Wildman–Crippen LogP) is 2.38. The van der Waals surface area contributed by atoms with Crippen molar-refractivity contribution in [3.8, 4) is 23.4 Å². The van der Waals surface area contributed by atoms with Crippen LogP contribution in [0.3, 0.4) is 0 Å². The zero-order valence-electron chi connectivity index (χ0n) is 16.1. The number of aromatic nitrogens is 4. The quantitative estimate of drug-likeness (QED) is 0.655. The van der Waals surface area contributed by atoms with E-state index in [2.05, 4.69) is 36.7 Å². The van der Waals surface area contributed by atoms with Crippen molar-refractivity contribution in [1.82, 2.24) is 24.8 Å². The minimum absolute atomic E-state index is 0. The van der Waals surface area contributed by atoms with E-state index in [1.54, 1.807) is 18.0 Å².